The summed E-state index contributed by atoms with van der Waals surface area (Å²) in [4.78, 5) is 34.6. The summed E-state index contributed by atoms with van der Waals surface area (Å²) in [7, 11) is 2.88. The summed E-state index contributed by atoms with van der Waals surface area (Å²) in [6.45, 7) is 10.5. The maximum absolute atomic E-state index is 13.1. The van der Waals surface area contributed by atoms with Gasteiger partial charge in [-0.3, -0.25) is 9.59 Å². The number of likely N-dealkylation sites (N-methyl/N-ethyl adjacent to an activating group) is 1. The second-order valence-electron chi connectivity index (χ2n) is 9.93. The van der Waals surface area contributed by atoms with Gasteiger partial charge < -0.3 is 39.6 Å². The number of furan rings is 1. The Morgan fingerprint density at radius 3 is 2.34 bits per heavy atom. The van der Waals surface area contributed by atoms with E-state index in [1.54, 1.807) is 12.1 Å². The summed E-state index contributed by atoms with van der Waals surface area (Å²) >= 11 is 12.8. The van der Waals surface area contributed by atoms with Crippen molar-refractivity contribution in [3.05, 3.63) is 71.1 Å². The van der Waals surface area contributed by atoms with Crippen molar-refractivity contribution in [2.45, 2.75) is 6.92 Å². The van der Waals surface area contributed by atoms with Crippen LogP contribution < -0.4 is 30.3 Å². The van der Waals surface area contributed by atoms with E-state index >= 15 is 0 Å². The van der Waals surface area contributed by atoms with Gasteiger partial charge in [0.15, 0.2) is 11.3 Å². The molecule has 0 bridgehead atoms. The Labute approximate surface area is 264 Å². The van der Waals surface area contributed by atoms with Crippen molar-refractivity contribution in [2.75, 3.05) is 67.8 Å². The molecule has 0 spiro atoms. The number of ether oxygens (including phenoxy) is 2. The first-order valence-electron chi connectivity index (χ1n) is 13.9. The smallest absolute Gasteiger partial charge is 0.291 e. The third kappa shape index (κ3) is 6.54. The van der Waals surface area contributed by atoms with Gasteiger partial charge in [0.1, 0.15) is 27.4 Å². The third-order valence-electron chi connectivity index (χ3n) is 7.33. The van der Waals surface area contributed by atoms with E-state index in [4.69, 9.17) is 37.1 Å². The highest BCUT2D eigenvalue weighted by Gasteiger charge is 2.22. The Balaban J connectivity index is 1.38. The number of methoxy groups -OCH3 is 2. The maximum atomic E-state index is 13.1. The lowest BCUT2D eigenvalue weighted by molar-refractivity contribution is -0.111. The van der Waals surface area contributed by atoms with Crippen LogP contribution in [0.25, 0.3) is 11.0 Å². The quantitative estimate of drug-likeness (QED) is 0.169. The molecular weight excluding hydrogens is 607 g/mol. The second-order valence-corrected chi connectivity index (χ2v) is 10.7. The molecule has 4 aromatic rings. The number of piperazine rings is 1. The highest BCUT2D eigenvalue weighted by molar-refractivity contribution is 6.41. The van der Waals surface area contributed by atoms with Crippen molar-refractivity contribution in [1.82, 2.24) is 9.88 Å². The first-order valence-corrected chi connectivity index (χ1v) is 14.6. The number of pyridine rings is 1. The van der Waals surface area contributed by atoms with Gasteiger partial charge in [-0.15, -0.1) is 0 Å². The van der Waals surface area contributed by atoms with Crippen molar-refractivity contribution < 1.29 is 23.5 Å². The van der Waals surface area contributed by atoms with Crippen LogP contribution in [0.15, 0.2) is 59.7 Å². The van der Waals surface area contributed by atoms with Crippen molar-refractivity contribution in [3.8, 4) is 11.5 Å². The van der Waals surface area contributed by atoms with Gasteiger partial charge >= 0.3 is 0 Å². The minimum atomic E-state index is -0.584. The standard InChI is InChI=1S/C31H32Cl2N6O5/c1-5-27(40)36-21-15-19(39-11-9-38(6-2)10-12-39)7-8-20(21)35-26-14-18-13-24(44-25(18)17-34-26)31(41)37-30-28(32)22(42-3)16-23(43-4)29(30)33/h5,7-8,13-17H,1,6,9-12H2,2-4H3,(H,34,35)(H,36,40)(H,37,41). The van der Waals surface area contributed by atoms with Crippen LogP contribution in [0.4, 0.5) is 28.6 Å². The molecule has 1 fully saturated rings. The molecule has 5 rings (SSSR count). The minimum Gasteiger partial charge on any atom is -0.495 e. The number of rotatable bonds is 10. The first-order chi connectivity index (χ1) is 21.2. The van der Waals surface area contributed by atoms with Crippen LogP contribution in [0, 0.1) is 0 Å². The Hall–Kier alpha value is -4.45. The fourth-order valence-corrected chi connectivity index (χ4v) is 5.48. The van der Waals surface area contributed by atoms with E-state index in [-0.39, 0.29) is 38.9 Å². The zero-order valence-electron chi connectivity index (χ0n) is 24.5. The van der Waals surface area contributed by atoms with Crippen LogP contribution in [-0.4, -0.2) is 68.6 Å². The van der Waals surface area contributed by atoms with Crippen molar-refractivity contribution >= 4 is 74.6 Å². The van der Waals surface area contributed by atoms with Gasteiger partial charge in [-0.2, -0.15) is 0 Å². The number of hydrogen-bond acceptors (Lipinski definition) is 9. The van der Waals surface area contributed by atoms with Crippen LogP contribution in [0.1, 0.15) is 17.5 Å². The van der Waals surface area contributed by atoms with Crippen LogP contribution in [0.5, 0.6) is 11.5 Å². The third-order valence-corrected chi connectivity index (χ3v) is 8.08. The highest BCUT2D eigenvalue weighted by atomic mass is 35.5. The van der Waals surface area contributed by atoms with Gasteiger partial charge in [0.2, 0.25) is 5.91 Å². The van der Waals surface area contributed by atoms with E-state index in [0.717, 1.165) is 38.4 Å². The second kappa shape index (κ2) is 13.5. The van der Waals surface area contributed by atoms with Crippen molar-refractivity contribution in [3.63, 3.8) is 0 Å². The summed E-state index contributed by atoms with van der Waals surface area (Å²) in [5.74, 6) is 0.141. The molecule has 3 N–H and O–H groups in total. The Kier molecular flexibility index (Phi) is 9.48. The van der Waals surface area contributed by atoms with Crippen molar-refractivity contribution in [2.24, 2.45) is 0 Å². The molecule has 1 aliphatic heterocycles. The number of nitrogens with one attached hydrogen (secondary N) is 3. The number of halogens is 2. The Bertz CT molecular complexity index is 1690. The SMILES string of the molecule is C=CC(=O)Nc1cc(N2CCN(CC)CC2)ccc1Nc1cc2cc(C(=O)Nc3c(Cl)c(OC)cc(OC)c3Cl)oc2cn1. The lowest BCUT2D eigenvalue weighted by Crippen LogP contribution is -2.46. The molecule has 0 saturated carbocycles. The number of carbonyl (C=O) groups excluding carboxylic acids is 2. The predicted octanol–water partition coefficient (Wildman–Crippen LogP) is 6.41. The summed E-state index contributed by atoms with van der Waals surface area (Å²) in [6, 6.07) is 10.7. The van der Waals surface area contributed by atoms with E-state index in [2.05, 4.69) is 44.2 Å². The largest absolute Gasteiger partial charge is 0.495 e. The summed E-state index contributed by atoms with van der Waals surface area (Å²) < 4.78 is 16.3. The van der Waals surface area contributed by atoms with E-state index in [1.807, 2.05) is 18.2 Å². The molecule has 44 heavy (non-hydrogen) atoms. The lowest BCUT2D eigenvalue weighted by atomic mass is 10.2. The fourth-order valence-electron chi connectivity index (χ4n) is 4.88. The van der Waals surface area contributed by atoms with Crippen molar-refractivity contribution in [1.29, 1.82) is 0 Å². The highest BCUT2D eigenvalue weighted by Crippen LogP contribution is 2.44. The number of amides is 2. The summed E-state index contributed by atoms with van der Waals surface area (Å²) in [6.07, 6.45) is 2.73. The molecule has 230 valence electrons. The number of aromatic nitrogens is 1. The molecular formula is C31H32Cl2N6O5. The number of fused-ring (bicyclic) bond motifs is 1. The molecule has 0 radical (unpaired) electrons. The number of hydrogen-bond donors (Lipinski definition) is 3. The summed E-state index contributed by atoms with van der Waals surface area (Å²) in [5, 5.41) is 9.69. The van der Waals surface area contributed by atoms with E-state index in [0.29, 0.717) is 28.2 Å². The minimum absolute atomic E-state index is 0.0133. The Morgan fingerprint density at radius 2 is 1.70 bits per heavy atom. The van der Waals surface area contributed by atoms with Gasteiger partial charge in [0.25, 0.3) is 5.91 Å². The van der Waals surface area contributed by atoms with Gasteiger partial charge in [-0.25, -0.2) is 4.98 Å². The topological polar surface area (TPSA) is 121 Å². The molecule has 1 saturated heterocycles. The van der Waals surface area contributed by atoms with Crippen LogP contribution >= 0.6 is 23.2 Å². The van der Waals surface area contributed by atoms with Gasteiger partial charge in [0.05, 0.1) is 37.5 Å². The monoisotopic (exact) mass is 638 g/mol. The van der Waals surface area contributed by atoms with Crippen LogP contribution in [-0.2, 0) is 4.79 Å². The first kappa shape index (κ1) is 31.0. The number of benzene rings is 2. The molecule has 0 atom stereocenters. The molecule has 1 aliphatic rings. The molecule has 13 heteroatoms. The zero-order chi connectivity index (χ0) is 31.4. The Morgan fingerprint density at radius 1 is 1.00 bits per heavy atom. The molecule has 11 nitrogen and oxygen atoms in total. The zero-order valence-corrected chi connectivity index (χ0v) is 26.0. The molecule has 2 aromatic carbocycles. The number of carbonyl (C=O) groups is 2. The van der Waals surface area contributed by atoms with Gasteiger partial charge in [-0.1, -0.05) is 36.7 Å². The lowest BCUT2D eigenvalue weighted by Gasteiger charge is -2.35. The predicted molar refractivity (Wildman–Crippen MR) is 174 cm³/mol. The molecule has 0 unspecified atom stereocenters. The average Bonchev–Trinajstić information content (AvgIpc) is 3.47. The van der Waals surface area contributed by atoms with E-state index in [9.17, 15) is 9.59 Å². The van der Waals surface area contributed by atoms with Gasteiger partial charge in [0, 0.05) is 43.3 Å². The maximum Gasteiger partial charge on any atom is 0.291 e. The van der Waals surface area contributed by atoms with E-state index < -0.39 is 5.91 Å². The number of nitrogens with zero attached hydrogens (tertiary/aromatic N) is 3. The molecule has 3 heterocycles. The molecule has 2 amide bonds. The molecule has 0 aliphatic carbocycles. The average molecular weight is 640 g/mol. The van der Waals surface area contributed by atoms with Gasteiger partial charge in [-0.05, 0) is 43.0 Å². The van der Waals surface area contributed by atoms with E-state index in [1.165, 1.54) is 32.6 Å². The van der Waals surface area contributed by atoms with Crippen LogP contribution in [0.3, 0.4) is 0 Å². The fraction of sp³-hybridized carbons (Fsp3) is 0.258. The molecule has 2 aromatic heterocycles. The van der Waals surface area contributed by atoms with Crippen LogP contribution in [0.2, 0.25) is 10.0 Å². The number of anilines is 5. The summed E-state index contributed by atoms with van der Waals surface area (Å²) in [5.41, 5.74) is 2.75. The normalized spacial score (nSPS) is 13.4.